The van der Waals surface area contributed by atoms with E-state index in [0.29, 0.717) is 6.04 Å². The minimum atomic E-state index is 0.419. The van der Waals surface area contributed by atoms with E-state index < -0.39 is 0 Å². The largest absolute Gasteiger partial charge is 0.309 e. The van der Waals surface area contributed by atoms with Crippen LogP contribution in [0.3, 0.4) is 0 Å². The summed E-state index contributed by atoms with van der Waals surface area (Å²) >= 11 is 1.92. The zero-order valence-electron chi connectivity index (χ0n) is 12.3. The second-order valence-corrected chi connectivity index (χ2v) is 6.13. The lowest BCUT2D eigenvalue weighted by Crippen LogP contribution is -2.24. The Labute approximate surface area is 126 Å². The summed E-state index contributed by atoms with van der Waals surface area (Å²) in [5, 5.41) is 3.65. The smallest absolute Gasteiger partial charge is 0.0415 e. The zero-order chi connectivity index (χ0) is 14.2. The molecule has 0 saturated carbocycles. The molecule has 106 valence electrons. The highest BCUT2D eigenvalue weighted by Crippen LogP contribution is 2.25. The molecular formula is C18H23NS. The second kappa shape index (κ2) is 8.13. The molecule has 2 aromatic rings. The van der Waals surface area contributed by atoms with Crippen LogP contribution in [-0.2, 0) is 0 Å². The Kier molecular flexibility index (Phi) is 6.16. The van der Waals surface area contributed by atoms with Gasteiger partial charge in [-0.05, 0) is 37.6 Å². The first-order valence-corrected chi connectivity index (χ1v) is 8.26. The maximum atomic E-state index is 3.65. The molecule has 20 heavy (non-hydrogen) atoms. The Balaban J connectivity index is 1.99. The van der Waals surface area contributed by atoms with Gasteiger partial charge in [-0.25, -0.2) is 0 Å². The summed E-state index contributed by atoms with van der Waals surface area (Å²) in [7, 11) is 0. The monoisotopic (exact) mass is 285 g/mol. The zero-order valence-corrected chi connectivity index (χ0v) is 13.1. The topological polar surface area (TPSA) is 12.0 Å². The van der Waals surface area contributed by atoms with Crippen LogP contribution in [0.25, 0.3) is 0 Å². The molecule has 0 radical (unpaired) electrons. The van der Waals surface area contributed by atoms with E-state index in [4.69, 9.17) is 0 Å². The molecule has 0 amide bonds. The quantitative estimate of drug-likeness (QED) is 0.731. The van der Waals surface area contributed by atoms with Crippen LogP contribution < -0.4 is 5.32 Å². The minimum absolute atomic E-state index is 0.419. The van der Waals surface area contributed by atoms with Crippen molar-refractivity contribution in [2.75, 3.05) is 12.3 Å². The highest BCUT2D eigenvalue weighted by Gasteiger charge is 2.10. The lowest BCUT2D eigenvalue weighted by Gasteiger charge is -2.18. The third-order valence-electron chi connectivity index (χ3n) is 3.28. The summed E-state index contributed by atoms with van der Waals surface area (Å²) in [5.74, 6) is 1.06. The van der Waals surface area contributed by atoms with Crippen molar-refractivity contribution in [3.05, 3.63) is 65.7 Å². The Hall–Kier alpha value is -1.25. The molecule has 0 aromatic heterocycles. The summed E-state index contributed by atoms with van der Waals surface area (Å²) in [6.07, 6.45) is 1.17. The predicted molar refractivity (Wildman–Crippen MR) is 89.4 cm³/mol. The number of hydrogen-bond acceptors (Lipinski definition) is 2. The van der Waals surface area contributed by atoms with Gasteiger partial charge in [0.1, 0.15) is 0 Å². The molecule has 0 bridgehead atoms. The molecule has 0 aliphatic carbocycles. The average molecular weight is 285 g/mol. The van der Waals surface area contributed by atoms with Crippen molar-refractivity contribution in [1.82, 2.24) is 5.32 Å². The third-order valence-corrected chi connectivity index (χ3v) is 4.39. The first-order valence-electron chi connectivity index (χ1n) is 7.27. The van der Waals surface area contributed by atoms with Crippen molar-refractivity contribution >= 4 is 11.8 Å². The van der Waals surface area contributed by atoms with Crippen LogP contribution in [0.5, 0.6) is 0 Å². The Morgan fingerprint density at radius 1 is 1.00 bits per heavy atom. The molecule has 0 saturated heterocycles. The molecule has 0 aliphatic rings. The number of thioether (sulfide) groups is 1. The summed E-state index contributed by atoms with van der Waals surface area (Å²) in [5.41, 5.74) is 2.69. The van der Waals surface area contributed by atoms with Gasteiger partial charge in [0.2, 0.25) is 0 Å². The van der Waals surface area contributed by atoms with Gasteiger partial charge in [-0.3, -0.25) is 0 Å². The summed E-state index contributed by atoms with van der Waals surface area (Å²) in [6, 6.07) is 19.9. The predicted octanol–water partition coefficient (Wildman–Crippen LogP) is 4.83. The SMILES string of the molecule is CCCNC(CSc1ccc(C)cc1)c1ccccc1. The fourth-order valence-electron chi connectivity index (χ4n) is 2.09. The van der Waals surface area contributed by atoms with Gasteiger partial charge in [-0.2, -0.15) is 0 Å². The molecule has 1 N–H and O–H groups in total. The normalized spacial score (nSPS) is 12.3. The molecular weight excluding hydrogens is 262 g/mol. The van der Waals surface area contributed by atoms with Crippen LogP contribution in [0.15, 0.2) is 59.5 Å². The first kappa shape index (κ1) is 15.1. The second-order valence-electron chi connectivity index (χ2n) is 5.04. The molecule has 2 rings (SSSR count). The van der Waals surface area contributed by atoms with Gasteiger partial charge in [-0.1, -0.05) is 55.0 Å². The van der Waals surface area contributed by atoms with Crippen molar-refractivity contribution in [2.24, 2.45) is 0 Å². The highest BCUT2D eigenvalue weighted by molar-refractivity contribution is 7.99. The Bertz CT molecular complexity index is 493. The average Bonchev–Trinajstić information content (AvgIpc) is 2.50. The van der Waals surface area contributed by atoms with Gasteiger partial charge in [0.25, 0.3) is 0 Å². The molecule has 0 fully saturated rings. The van der Waals surface area contributed by atoms with Gasteiger partial charge in [-0.15, -0.1) is 11.8 Å². The van der Waals surface area contributed by atoms with Crippen LogP contribution in [0, 0.1) is 6.92 Å². The van der Waals surface area contributed by atoms with Gasteiger partial charge in [0, 0.05) is 16.7 Å². The summed E-state index contributed by atoms with van der Waals surface area (Å²) < 4.78 is 0. The van der Waals surface area contributed by atoms with E-state index in [9.17, 15) is 0 Å². The Morgan fingerprint density at radius 2 is 1.70 bits per heavy atom. The number of rotatable bonds is 7. The fourth-order valence-corrected chi connectivity index (χ4v) is 3.09. The summed E-state index contributed by atoms with van der Waals surface area (Å²) in [6.45, 7) is 5.40. The molecule has 2 heteroatoms. The van der Waals surface area contributed by atoms with E-state index in [2.05, 4.69) is 73.8 Å². The van der Waals surface area contributed by atoms with E-state index in [1.165, 1.54) is 22.4 Å². The molecule has 0 heterocycles. The van der Waals surface area contributed by atoms with Crippen molar-refractivity contribution in [1.29, 1.82) is 0 Å². The number of hydrogen-bond donors (Lipinski definition) is 1. The standard InChI is InChI=1S/C18H23NS/c1-3-13-19-18(16-7-5-4-6-8-16)14-20-17-11-9-15(2)10-12-17/h4-12,18-19H,3,13-14H2,1-2H3. The van der Waals surface area contributed by atoms with Gasteiger partial charge in [0.15, 0.2) is 0 Å². The van der Waals surface area contributed by atoms with Gasteiger partial charge in [0.05, 0.1) is 0 Å². The molecule has 2 aromatic carbocycles. The van der Waals surface area contributed by atoms with Crippen molar-refractivity contribution < 1.29 is 0 Å². The van der Waals surface area contributed by atoms with Crippen LogP contribution in [0.2, 0.25) is 0 Å². The maximum absolute atomic E-state index is 3.65. The van der Waals surface area contributed by atoms with Gasteiger partial charge < -0.3 is 5.32 Å². The molecule has 0 spiro atoms. The summed E-state index contributed by atoms with van der Waals surface area (Å²) in [4.78, 5) is 1.34. The minimum Gasteiger partial charge on any atom is -0.309 e. The number of nitrogens with one attached hydrogen (secondary N) is 1. The lowest BCUT2D eigenvalue weighted by molar-refractivity contribution is 0.577. The van der Waals surface area contributed by atoms with E-state index in [1.54, 1.807) is 0 Å². The van der Waals surface area contributed by atoms with E-state index in [-0.39, 0.29) is 0 Å². The molecule has 1 unspecified atom stereocenters. The van der Waals surface area contributed by atoms with Crippen molar-refractivity contribution in [3.8, 4) is 0 Å². The van der Waals surface area contributed by atoms with Crippen LogP contribution in [-0.4, -0.2) is 12.3 Å². The number of aryl methyl sites for hydroxylation is 1. The maximum Gasteiger partial charge on any atom is 0.0415 e. The van der Waals surface area contributed by atoms with Crippen molar-refractivity contribution in [3.63, 3.8) is 0 Å². The number of benzene rings is 2. The molecule has 1 atom stereocenters. The highest BCUT2D eigenvalue weighted by atomic mass is 32.2. The third kappa shape index (κ3) is 4.69. The first-order chi connectivity index (χ1) is 9.79. The van der Waals surface area contributed by atoms with Crippen molar-refractivity contribution in [2.45, 2.75) is 31.2 Å². The fraction of sp³-hybridized carbons (Fsp3) is 0.333. The van der Waals surface area contributed by atoms with E-state index in [1.807, 2.05) is 11.8 Å². The van der Waals surface area contributed by atoms with E-state index in [0.717, 1.165) is 12.3 Å². The molecule has 1 nitrogen and oxygen atoms in total. The lowest BCUT2D eigenvalue weighted by atomic mass is 10.1. The Morgan fingerprint density at radius 3 is 2.35 bits per heavy atom. The van der Waals surface area contributed by atoms with Crippen LogP contribution in [0.1, 0.15) is 30.5 Å². The van der Waals surface area contributed by atoms with Crippen LogP contribution >= 0.6 is 11.8 Å². The molecule has 0 aliphatic heterocycles. The van der Waals surface area contributed by atoms with Crippen LogP contribution in [0.4, 0.5) is 0 Å². The van der Waals surface area contributed by atoms with E-state index >= 15 is 0 Å². The van der Waals surface area contributed by atoms with Gasteiger partial charge >= 0.3 is 0 Å².